The van der Waals surface area contributed by atoms with E-state index < -0.39 is 5.97 Å². The van der Waals surface area contributed by atoms with Crippen LogP contribution in [0.1, 0.15) is 27.8 Å². The Morgan fingerprint density at radius 1 is 0.933 bits per heavy atom. The van der Waals surface area contributed by atoms with E-state index >= 15 is 0 Å². The molecular formula is C26H20N2O2. The van der Waals surface area contributed by atoms with Crippen molar-refractivity contribution in [1.82, 2.24) is 10.2 Å². The molecule has 3 aromatic carbocycles. The zero-order valence-corrected chi connectivity index (χ0v) is 16.3. The number of aromatic nitrogens is 2. The van der Waals surface area contributed by atoms with E-state index in [4.69, 9.17) is 5.11 Å². The Bertz CT molecular complexity index is 1280. The smallest absolute Gasteiger partial charge is 0.328 e. The predicted octanol–water partition coefficient (Wildman–Crippen LogP) is 5.26. The lowest BCUT2D eigenvalue weighted by Gasteiger charge is -2.14. The third-order valence-corrected chi connectivity index (χ3v) is 5.63. The Morgan fingerprint density at radius 2 is 1.63 bits per heavy atom. The monoisotopic (exact) mass is 392 g/mol. The number of carboxylic acid groups (broad SMARTS) is 1. The summed E-state index contributed by atoms with van der Waals surface area (Å²) in [4.78, 5) is 10.8. The normalized spacial score (nSPS) is 13.1. The van der Waals surface area contributed by atoms with Gasteiger partial charge in [0.05, 0.1) is 11.7 Å². The van der Waals surface area contributed by atoms with E-state index in [0.717, 1.165) is 40.9 Å². The number of aromatic amines is 1. The van der Waals surface area contributed by atoms with Crippen LogP contribution in [-0.2, 0) is 17.6 Å². The van der Waals surface area contributed by atoms with Gasteiger partial charge in [-0.25, -0.2) is 4.79 Å². The maximum absolute atomic E-state index is 10.8. The number of nitrogens with zero attached hydrogens (tertiary/aromatic N) is 1. The van der Waals surface area contributed by atoms with E-state index in [0.29, 0.717) is 0 Å². The Balaban J connectivity index is 1.62. The van der Waals surface area contributed by atoms with Crippen LogP contribution in [0.5, 0.6) is 0 Å². The highest BCUT2D eigenvalue weighted by atomic mass is 16.4. The molecule has 1 aliphatic rings. The van der Waals surface area contributed by atoms with Crippen LogP contribution in [-0.4, -0.2) is 21.3 Å². The molecule has 4 nitrogen and oxygen atoms in total. The molecule has 0 saturated carbocycles. The Morgan fingerprint density at radius 3 is 2.33 bits per heavy atom. The molecule has 1 heterocycles. The summed E-state index contributed by atoms with van der Waals surface area (Å²) < 4.78 is 0. The van der Waals surface area contributed by atoms with Crippen LogP contribution < -0.4 is 0 Å². The lowest BCUT2D eigenvalue weighted by atomic mass is 9.90. The van der Waals surface area contributed by atoms with Gasteiger partial charge in [0, 0.05) is 11.5 Å². The van der Waals surface area contributed by atoms with Crippen LogP contribution in [0, 0.1) is 0 Å². The molecule has 5 rings (SSSR count). The van der Waals surface area contributed by atoms with Crippen LogP contribution >= 0.6 is 0 Å². The second-order valence-corrected chi connectivity index (χ2v) is 7.57. The number of aliphatic carboxylic acids is 1. The summed E-state index contributed by atoms with van der Waals surface area (Å²) in [6.45, 7) is 0. The first-order valence-electron chi connectivity index (χ1n) is 9.91. The number of fused-ring (bicyclic) bond motifs is 2. The maximum Gasteiger partial charge on any atom is 0.328 e. The van der Waals surface area contributed by atoms with Gasteiger partial charge in [-0.1, -0.05) is 60.2 Å². The molecule has 0 spiro atoms. The number of carbonyl (C=O) groups is 1. The fraction of sp³-hybridized carbons (Fsp3) is 0.0769. The maximum atomic E-state index is 10.8. The van der Waals surface area contributed by atoms with Crippen molar-refractivity contribution in [2.45, 2.75) is 12.8 Å². The van der Waals surface area contributed by atoms with E-state index in [1.54, 1.807) is 6.08 Å². The summed E-state index contributed by atoms with van der Waals surface area (Å²) in [5, 5.41) is 17.1. The van der Waals surface area contributed by atoms with Crippen LogP contribution in [0.15, 0.2) is 84.6 Å². The molecule has 2 N–H and O–H groups in total. The first kappa shape index (κ1) is 18.1. The molecule has 4 heteroatoms. The number of hydrogen-bond donors (Lipinski definition) is 2. The highest BCUT2D eigenvalue weighted by Crippen LogP contribution is 2.36. The predicted molar refractivity (Wildman–Crippen MR) is 119 cm³/mol. The molecule has 0 atom stereocenters. The van der Waals surface area contributed by atoms with Gasteiger partial charge < -0.3 is 5.11 Å². The summed E-state index contributed by atoms with van der Waals surface area (Å²) in [5.41, 5.74) is 9.59. The fourth-order valence-electron chi connectivity index (χ4n) is 4.20. The van der Waals surface area contributed by atoms with Gasteiger partial charge in [0.25, 0.3) is 0 Å². The SMILES string of the molecule is O=C(O)C=Cc1ccc(C(=C2Cc3ccccc3C2)c2ccc3[nH]ncc3c2)cc1. The van der Waals surface area contributed by atoms with Crippen molar-refractivity contribution < 1.29 is 9.90 Å². The van der Waals surface area contributed by atoms with Gasteiger partial charge in [0.15, 0.2) is 0 Å². The minimum Gasteiger partial charge on any atom is -0.478 e. The third kappa shape index (κ3) is 3.44. The highest BCUT2D eigenvalue weighted by Gasteiger charge is 2.20. The van der Waals surface area contributed by atoms with Crippen molar-refractivity contribution in [3.63, 3.8) is 0 Å². The summed E-state index contributed by atoms with van der Waals surface area (Å²) in [6.07, 6.45) is 6.51. The van der Waals surface area contributed by atoms with E-state index in [2.05, 4.69) is 64.8 Å². The first-order chi connectivity index (χ1) is 14.7. The van der Waals surface area contributed by atoms with Gasteiger partial charge in [0.1, 0.15) is 0 Å². The van der Waals surface area contributed by atoms with Gasteiger partial charge in [-0.15, -0.1) is 0 Å². The average molecular weight is 392 g/mol. The number of hydrogen-bond acceptors (Lipinski definition) is 2. The minimum atomic E-state index is -0.945. The van der Waals surface area contributed by atoms with Crippen molar-refractivity contribution in [3.8, 4) is 0 Å². The second-order valence-electron chi connectivity index (χ2n) is 7.57. The third-order valence-electron chi connectivity index (χ3n) is 5.63. The Kier molecular flexibility index (Phi) is 4.52. The molecular weight excluding hydrogens is 372 g/mol. The molecule has 0 radical (unpaired) electrons. The molecule has 0 amide bonds. The Labute approximate surface area is 174 Å². The quantitative estimate of drug-likeness (QED) is 0.466. The zero-order valence-electron chi connectivity index (χ0n) is 16.3. The molecule has 0 saturated heterocycles. The number of allylic oxidation sites excluding steroid dienone is 1. The number of rotatable bonds is 4. The fourth-order valence-corrected chi connectivity index (χ4v) is 4.20. The number of benzene rings is 3. The lowest BCUT2D eigenvalue weighted by molar-refractivity contribution is -0.131. The van der Waals surface area contributed by atoms with Crippen molar-refractivity contribution in [2.24, 2.45) is 0 Å². The summed E-state index contributed by atoms with van der Waals surface area (Å²) >= 11 is 0. The van der Waals surface area contributed by atoms with Gasteiger partial charge in [0.2, 0.25) is 0 Å². The number of H-pyrrole nitrogens is 1. The zero-order chi connectivity index (χ0) is 20.5. The lowest BCUT2D eigenvalue weighted by Crippen LogP contribution is -1.96. The highest BCUT2D eigenvalue weighted by molar-refractivity contribution is 5.90. The average Bonchev–Trinajstić information content (AvgIpc) is 3.39. The summed E-state index contributed by atoms with van der Waals surface area (Å²) in [5.74, 6) is -0.945. The standard InChI is InChI=1S/C26H20N2O2/c29-25(30)12-7-17-5-8-18(9-6-17)26(21-10-11-24-23(15-21)16-27-28-24)22-13-19-3-1-2-4-20(19)14-22/h1-12,15-16H,13-14H2,(H,27,28)(H,29,30). The van der Waals surface area contributed by atoms with Crippen LogP contribution in [0.2, 0.25) is 0 Å². The van der Waals surface area contributed by atoms with E-state index in [9.17, 15) is 4.79 Å². The molecule has 30 heavy (non-hydrogen) atoms. The number of carboxylic acids is 1. The molecule has 0 aliphatic heterocycles. The molecule has 0 fully saturated rings. The van der Waals surface area contributed by atoms with Gasteiger partial charge >= 0.3 is 5.97 Å². The first-order valence-corrected chi connectivity index (χ1v) is 9.91. The second kappa shape index (κ2) is 7.48. The van der Waals surface area contributed by atoms with Crippen LogP contribution in [0.25, 0.3) is 22.6 Å². The summed E-state index contributed by atoms with van der Waals surface area (Å²) in [6, 6.07) is 23.1. The topological polar surface area (TPSA) is 66.0 Å². The molecule has 4 aromatic rings. The Hall–Kier alpha value is -3.92. The van der Waals surface area contributed by atoms with Crippen molar-refractivity contribution in [3.05, 3.63) is 112 Å². The van der Waals surface area contributed by atoms with Crippen molar-refractivity contribution in [1.29, 1.82) is 0 Å². The van der Waals surface area contributed by atoms with Gasteiger partial charge in [-0.05, 0) is 64.4 Å². The van der Waals surface area contributed by atoms with Crippen LogP contribution in [0.3, 0.4) is 0 Å². The van der Waals surface area contributed by atoms with Crippen molar-refractivity contribution in [2.75, 3.05) is 0 Å². The van der Waals surface area contributed by atoms with Gasteiger partial charge in [-0.3, -0.25) is 5.10 Å². The van der Waals surface area contributed by atoms with E-state index in [1.165, 1.54) is 27.8 Å². The molecule has 0 unspecified atom stereocenters. The van der Waals surface area contributed by atoms with E-state index in [1.807, 2.05) is 18.3 Å². The van der Waals surface area contributed by atoms with E-state index in [-0.39, 0.29) is 0 Å². The van der Waals surface area contributed by atoms with Crippen LogP contribution in [0.4, 0.5) is 0 Å². The minimum absolute atomic E-state index is 0.866. The molecule has 146 valence electrons. The van der Waals surface area contributed by atoms with Crippen molar-refractivity contribution >= 4 is 28.5 Å². The largest absolute Gasteiger partial charge is 0.478 e. The molecule has 0 bridgehead atoms. The van der Waals surface area contributed by atoms with Gasteiger partial charge in [-0.2, -0.15) is 5.10 Å². The number of nitrogens with one attached hydrogen (secondary N) is 1. The molecule has 1 aliphatic carbocycles. The molecule has 1 aromatic heterocycles. The summed E-state index contributed by atoms with van der Waals surface area (Å²) in [7, 11) is 0.